The van der Waals surface area contributed by atoms with E-state index in [1.165, 1.54) is 11.3 Å². The molecule has 0 unspecified atom stereocenters. The Balaban J connectivity index is 2.75. The second kappa shape index (κ2) is 5.42. The van der Waals surface area contributed by atoms with Crippen LogP contribution in [0.1, 0.15) is 15.2 Å². The molecule has 0 saturated carbocycles. The van der Waals surface area contributed by atoms with Gasteiger partial charge in [0.15, 0.2) is 6.04 Å². The number of aliphatic carboxylic acids is 1. The van der Waals surface area contributed by atoms with Crippen molar-refractivity contribution in [1.82, 2.24) is 5.32 Å². The van der Waals surface area contributed by atoms with Crippen molar-refractivity contribution in [3.8, 4) is 0 Å². The fourth-order valence-electron chi connectivity index (χ4n) is 0.987. The molecule has 0 saturated heterocycles. The van der Waals surface area contributed by atoms with E-state index in [1.807, 2.05) is 6.92 Å². The molecule has 0 aliphatic carbocycles. The molecular formula is C9H10BrNO4S. The Morgan fingerprint density at radius 1 is 1.62 bits per heavy atom. The van der Waals surface area contributed by atoms with Crippen molar-refractivity contribution in [2.75, 3.05) is 6.61 Å². The Bertz CT molecular complexity index is 398. The number of rotatable bonds is 4. The van der Waals surface area contributed by atoms with E-state index in [1.54, 1.807) is 6.07 Å². The van der Waals surface area contributed by atoms with Crippen molar-refractivity contribution in [3.63, 3.8) is 0 Å². The molecule has 0 aliphatic heterocycles. The molecule has 1 aromatic heterocycles. The summed E-state index contributed by atoms with van der Waals surface area (Å²) in [6, 6.07) is 0.383. The summed E-state index contributed by atoms with van der Waals surface area (Å²) in [5.41, 5.74) is 0.908. The highest BCUT2D eigenvalue weighted by Crippen LogP contribution is 2.27. The fourth-order valence-corrected chi connectivity index (χ4v) is 2.42. The van der Waals surface area contributed by atoms with Crippen molar-refractivity contribution in [2.24, 2.45) is 0 Å². The monoisotopic (exact) mass is 307 g/mol. The Labute approximate surface area is 104 Å². The molecule has 0 bridgehead atoms. The lowest BCUT2D eigenvalue weighted by molar-refractivity contribution is -0.140. The first-order chi connectivity index (χ1) is 7.45. The Kier molecular flexibility index (Phi) is 4.45. The fraction of sp³-hybridized carbons (Fsp3) is 0.333. The summed E-state index contributed by atoms with van der Waals surface area (Å²) in [6.45, 7) is 1.20. The summed E-state index contributed by atoms with van der Waals surface area (Å²) in [6.07, 6.45) is 0. The molecule has 0 radical (unpaired) electrons. The first-order valence-electron chi connectivity index (χ1n) is 4.36. The quantitative estimate of drug-likeness (QED) is 0.774. The molecule has 7 heteroatoms. The van der Waals surface area contributed by atoms with Gasteiger partial charge in [0, 0.05) is 0 Å². The molecule has 0 spiro atoms. The lowest BCUT2D eigenvalue weighted by atomic mass is 10.3. The maximum atomic E-state index is 11.6. The summed E-state index contributed by atoms with van der Waals surface area (Å²) < 4.78 is 0.827. The molecule has 1 rings (SSSR count). The third-order valence-electron chi connectivity index (χ3n) is 1.87. The Morgan fingerprint density at radius 2 is 2.25 bits per heavy atom. The van der Waals surface area contributed by atoms with Gasteiger partial charge < -0.3 is 15.5 Å². The number of carbonyl (C=O) groups is 2. The van der Waals surface area contributed by atoms with E-state index < -0.39 is 24.5 Å². The molecule has 88 valence electrons. The number of nitrogens with one attached hydrogen (secondary N) is 1. The SMILES string of the molecule is Cc1cc(C(=O)N[C@H](CO)C(=O)O)sc1Br. The van der Waals surface area contributed by atoms with E-state index in [-0.39, 0.29) is 0 Å². The van der Waals surface area contributed by atoms with E-state index in [0.29, 0.717) is 4.88 Å². The summed E-state index contributed by atoms with van der Waals surface area (Å²) in [4.78, 5) is 22.6. The second-order valence-corrected chi connectivity index (χ2v) is 5.48. The number of carboxylic acids is 1. The van der Waals surface area contributed by atoms with Gasteiger partial charge in [-0.05, 0) is 34.5 Å². The molecule has 1 atom stereocenters. The van der Waals surface area contributed by atoms with Gasteiger partial charge in [-0.1, -0.05) is 0 Å². The van der Waals surface area contributed by atoms with Crippen LogP contribution >= 0.6 is 27.3 Å². The lowest BCUT2D eigenvalue weighted by Gasteiger charge is -2.10. The van der Waals surface area contributed by atoms with Crippen LogP contribution in [0.4, 0.5) is 0 Å². The van der Waals surface area contributed by atoms with Gasteiger partial charge in [-0.3, -0.25) is 4.79 Å². The van der Waals surface area contributed by atoms with Gasteiger partial charge >= 0.3 is 5.97 Å². The van der Waals surface area contributed by atoms with Crippen LogP contribution < -0.4 is 5.32 Å². The number of aliphatic hydroxyl groups excluding tert-OH is 1. The molecule has 1 aromatic rings. The number of carboxylic acid groups (broad SMARTS) is 1. The molecule has 16 heavy (non-hydrogen) atoms. The summed E-state index contributed by atoms with van der Waals surface area (Å²) in [5.74, 6) is -1.76. The molecule has 1 amide bonds. The van der Waals surface area contributed by atoms with E-state index in [9.17, 15) is 9.59 Å². The van der Waals surface area contributed by atoms with Gasteiger partial charge in [0.05, 0.1) is 15.3 Å². The van der Waals surface area contributed by atoms with Crippen LogP contribution in [0.15, 0.2) is 9.85 Å². The lowest BCUT2D eigenvalue weighted by Crippen LogP contribution is -2.43. The van der Waals surface area contributed by atoms with Gasteiger partial charge in [-0.15, -0.1) is 11.3 Å². The highest BCUT2D eigenvalue weighted by molar-refractivity contribution is 9.11. The average molecular weight is 308 g/mol. The molecule has 1 heterocycles. The third-order valence-corrected chi connectivity index (χ3v) is 4.00. The van der Waals surface area contributed by atoms with Gasteiger partial charge in [-0.25, -0.2) is 4.79 Å². The Hall–Kier alpha value is -0.920. The number of amides is 1. The number of hydrogen-bond donors (Lipinski definition) is 3. The zero-order chi connectivity index (χ0) is 12.3. The van der Waals surface area contributed by atoms with Crippen LogP contribution in [0.3, 0.4) is 0 Å². The second-order valence-electron chi connectivity index (χ2n) is 3.11. The predicted octanol–water partition coefficient (Wildman–Crippen LogP) is 0.994. The maximum Gasteiger partial charge on any atom is 0.328 e. The van der Waals surface area contributed by atoms with Crippen LogP contribution in [0, 0.1) is 6.92 Å². The highest BCUT2D eigenvalue weighted by atomic mass is 79.9. The van der Waals surface area contributed by atoms with Crippen molar-refractivity contribution in [2.45, 2.75) is 13.0 Å². The molecule has 3 N–H and O–H groups in total. The molecule has 0 aromatic carbocycles. The third kappa shape index (κ3) is 3.03. The van der Waals surface area contributed by atoms with Crippen molar-refractivity contribution in [3.05, 3.63) is 20.3 Å². The number of carbonyl (C=O) groups excluding carboxylic acids is 1. The van der Waals surface area contributed by atoms with Crippen LogP contribution in [0.2, 0.25) is 0 Å². The van der Waals surface area contributed by atoms with Crippen LogP contribution in [-0.4, -0.2) is 34.7 Å². The van der Waals surface area contributed by atoms with Crippen molar-refractivity contribution in [1.29, 1.82) is 0 Å². The van der Waals surface area contributed by atoms with Gasteiger partial charge in [0.1, 0.15) is 0 Å². The Morgan fingerprint density at radius 3 is 2.62 bits per heavy atom. The average Bonchev–Trinajstić information content (AvgIpc) is 2.55. The maximum absolute atomic E-state index is 11.6. The smallest absolute Gasteiger partial charge is 0.328 e. The number of aryl methyl sites for hydroxylation is 1. The normalized spacial score (nSPS) is 12.2. The van der Waals surface area contributed by atoms with Gasteiger partial charge in [-0.2, -0.15) is 0 Å². The summed E-state index contributed by atoms with van der Waals surface area (Å²) >= 11 is 4.49. The highest BCUT2D eigenvalue weighted by Gasteiger charge is 2.20. The zero-order valence-corrected chi connectivity index (χ0v) is 10.8. The number of thiophene rings is 1. The van der Waals surface area contributed by atoms with Gasteiger partial charge in [0.25, 0.3) is 5.91 Å². The zero-order valence-electron chi connectivity index (χ0n) is 8.36. The standard InChI is InChI=1S/C9H10BrNO4S/c1-4-2-6(16-7(4)10)8(13)11-5(3-12)9(14)15/h2,5,12H,3H2,1H3,(H,11,13)(H,14,15)/t5-/m1/s1. The molecular weight excluding hydrogens is 298 g/mol. The van der Waals surface area contributed by atoms with E-state index in [0.717, 1.165) is 9.35 Å². The number of hydrogen-bond acceptors (Lipinski definition) is 4. The topological polar surface area (TPSA) is 86.6 Å². The first-order valence-corrected chi connectivity index (χ1v) is 5.97. The summed E-state index contributed by atoms with van der Waals surface area (Å²) in [7, 11) is 0. The predicted molar refractivity (Wildman–Crippen MR) is 62.7 cm³/mol. The van der Waals surface area contributed by atoms with E-state index in [2.05, 4.69) is 21.2 Å². The van der Waals surface area contributed by atoms with Crippen LogP contribution in [-0.2, 0) is 4.79 Å². The minimum atomic E-state index is -1.27. The minimum Gasteiger partial charge on any atom is -0.480 e. The van der Waals surface area contributed by atoms with Crippen LogP contribution in [0.25, 0.3) is 0 Å². The largest absolute Gasteiger partial charge is 0.480 e. The number of halogens is 1. The van der Waals surface area contributed by atoms with Crippen molar-refractivity contribution < 1.29 is 19.8 Å². The van der Waals surface area contributed by atoms with Gasteiger partial charge in [0.2, 0.25) is 0 Å². The molecule has 0 aliphatic rings. The molecule has 0 fully saturated rings. The van der Waals surface area contributed by atoms with Crippen LogP contribution in [0.5, 0.6) is 0 Å². The first kappa shape index (κ1) is 13.1. The van der Waals surface area contributed by atoms with E-state index in [4.69, 9.17) is 10.2 Å². The number of aliphatic hydroxyl groups is 1. The minimum absolute atomic E-state index is 0.407. The summed E-state index contributed by atoms with van der Waals surface area (Å²) in [5, 5.41) is 19.6. The molecule has 5 nitrogen and oxygen atoms in total. The van der Waals surface area contributed by atoms with E-state index >= 15 is 0 Å². The van der Waals surface area contributed by atoms with Crippen molar-refractivity contribution >= 4 is 39.1 Å².